The minimum Gasteiger partial charge on any atom is -0.339 e. The highest BCUT2D eigenvalue weighted by Crippen LogP contribution is 2.32. The fourth-order valence-electron chi connectivity index (χ4n) is 3.85. The normalized spacial score (nSPS) is 26.0. The van der Waals surface area contributed by atoms with Gasteiger partial charge in [-0.3, -0.25) is 9.59 Å². The largest absolute Gasteiger partial charge is 0.339 e. The average molecular weight is 366 g/mol. The van der Waals surface area contributed by atoms with E-state index in [-0.39, 0.29) is 30.1 Å². The lowest BCUT2D eigenvalue weighted by Crippen LogP contribution is -2.51. The summed E-state index contributed by atoms with van der Waals surface area (Å²) in [5.74, 6) is -0.167. The van der Waals surface area contributed by atoms with Gasteiger partial charge in [0, 0.05) is 29.9 Å². The second kappa shape index (κ2) is 8.19. The number of hydrogen-bond donors (Lipinski definition) is 2. The van der Waals surface area contributed by atoms with E-state index < -0.39 is 5.54 Å². The Labute approximate surface area is 155 Å². The number of amides is 2. The van der Waals surface area contributed by atoms with Crippen LogP contribution in [0.15, 0.2) is 24.3 Å². The van der Waals surface area contributed by atoms with Gasteiger partial charge in [0.2, 0.25) is 5.91 Å². The first-order chi connectivity index (χ1) is 11.5. The molecular weight excluding hydrogens is 338 g/mol. The molecule has 1 aromatic carbocycles. The van der Waals surface area contributed by atoms with Crippen LogP contribution in [0.2, 0.25) is 0 Å². The van der Waals surface area contributed by atoms with Crippen LogP contribution in [-0.2, 0) is 4.79 Å². The maximum Gasteiger partial charge on any atom is 0.253 e. The van der Waals surface area contributed by atoms with Crippen LogP contribution in [0.1, 0.15) is 55.8 Å². The monoisotopic (exact) mass is 365 g/mol. The molecule has 2 atom stereocenters. The Kier molecular flexibility index (Phi) is 6.47. The van der Waals surface area contributed by atoms with Gasteiger partial charge in [-0.2, -0.15) is 0 Å². The number of nitrogens with one attached hydrogen (secondary N) is 1. The molecule has 25 heavy (non-hydrogen) atoms. The van der Waals surface area contributed by atoms with E-state index in [4.69, 9.17) is 5.73 Å². The van der Waals surface area contributed by atoms with Crippen molar-refractivity contribution in [1.29, 1.82) is 0 Å². The van der Waals surface area contributed by atoms with Crippen LogP contribution in [0, 0.1) is 5.92 Å². The van der Waals surface area contributed by atoms with Gasteiger partial charge in [0.25, 0.3) is 5.91 Å². The van der Waals surface area contributed by atoms with E-state index in [0.717, 1.165) is 51.6 Å². The Morgan fingerprint density at radius 3 is 2.60 bits per heavy atom. The van der Waals surface area contributed by atoms with Gasteiger partial charge in [0.15, 0.2) is 0 Å². The molecule has 1 saturated heterocycles. The first-order valence-electron chi connectivity index (χ1n) is 8.96. The highest BCUT2D eigenvalue weighted by atomic mass is 35.5. The topological polar surface area (TPSA) is 75.4 Å². The van der Waals surface area contributed by atoms with Crippen LogP contribution in [0.5, 0.6) is 0 Å². The van der Waals surface area contributed by atoms with Crippen molar-refractivity contribution >= 4 is 29.9 Å². The average Bonchev–Trinajstić information content (AvgIpc) is 3.08. The third-order valence-electron chi connectivity index (χ3n) is 5.34. The zero-order valence-corrected chi connectivity index (χ0v) is 15.6. The first kappa shape index (κ1) is 19.7. The summed E-state index contributed by atoms with van der Waals surface area (Å²) in [6.45, 7) is 3.61. The summed E-state index contributed by atoms with van der Waals surface area (Å²) in [6, 6.07) is 7.23. The number of nitrogens with zero attached hydrogens (tertiary/aromatic N) is 1. The summed E-state index contributed by atoms with van der Waals surface area (Å²) in [6.07, 6.45) is 5.95. The summed E-state index contributed by atoms with van der Waals surface area (Å²) in [7, 11) is 0. The minimum absolute atomic E-state index is 0. The van der Waals surface area contributed by atoms with Crippen LogP contribution < -0.4 is 11.1 Å². The van der Waals surface area contributed by atoms with Gasteiger partial charge < -0.3 is 16.0 Å². The predicted octanol–water partition coefficient (Wildman–Crippen LogP) is 3.19. The lowest BCUT2D eigenvalue weighted by atomic mass is 9.74. The second-order valence-electron chi connectivity index (χ2n) is 7.37. The number of anilines is 1. The zero-order chi connectivity index (χ0) is 17.2. The van der Waals surface area contributed by atoms with Crippen LogP contribution >= 0.6 is 12.4 Å². The van der Waals surface area contributed by atoms with Crippen molar-refractivity contribution < 1.29 is 9.59 Å². The Hall–Kier alpha value is -1.59. The molecule has 3 rings (SSSR count). The number of rotatable bonds is 3. The number of carbonyl (C=O) groups is 2. The van der Waals surface area contributed by atoms with E-state index in [2.05, 4.69) is 5.32 Å². The van der Waals surface area contributed by atoms with Gasteiger partial charge >= 0.3 is 0 Å². The van der Waals surface area contributed by atoms with Gasteiger partial charge in [0.1, 0.15) is 0 Å². The fraction of sp³-hybridized carbons (Fsp3) is 0.579. The lowest BCUT2D eigenvalue weighted by molar-refractivity contribution is -0.122. The molecule has 0 radical (unpaired) electrons. The van der Waals surface area contributed by atoms with E-state index in [9.17, 15) is 9.59 Å². The number of halogens is 1. The summed E-state index contributed by atoms with van der Waals surface area (Å²) < 4.78 is 0. The van der Waals surface area contributed by atoms with E-state index in [1.807, 2.05) is 30.0 Å². The van der Waals surface area contributed by atoms with Gasteiger partial charge in [-0.15, -0.1) is 12.4 Å². The zero-order valence-electron chi connectivity index (χ0n) is 14.8. The van der Waals surface area contributed by atoms with E-state index >= 15 is 0 Å². The smallest absolute Gasteiger partial charge is 0.253 e. The van der Waals surface area contributed by atoms with Gasteiger partial charge in [-0.05, 0) is 50.8 Å². The van der Waals surface area contributed by atoms with Crippen molar-refractivity contribution in [1.82, 2.24) is 4.90 Å². The van der Waals surface area contributed by atoms with Crippen molar-refractivity contribution in [2.75, 3.05) is 18.4 Å². The molecule has 0 bridgehead atoms. The molecule has 2 fully saturated rings. The summed E-state index contributed by atoms with van der Waals surface area (Å²) >= 11 is 0. The van der Waals surface area contributed by atoms with Gasteiger partial charge in [0.05, 0.1) is 5.92 Å². The number of carbonyl (C=O) groups excluding carboxylic acids is 2. The van der Waals surface area contributed by atoms with Crippen LogP contribution in [0.4, 0.5) is 5.69 Å². The molecule has 2 aliphatic rings. The SMILES string of the molecule is CC1(N)CCCCC1C(=O)Nc1cccc(C(=O)N2CCCC2)c1.Cl. The van der Waals surface area contributed by atoms with Gasteiger partial charge in [-0.25, -0.2) is 0 Å². The molecule has 6 heteroatoms. The standard InChI is InChI=1S/C19H27N3O2.ClH/c1-19(20)10-3-2-9-16(19)17(23)21-15-8-6-7-14(13-15)18(24)22-11-4-5-12-22;/h6-8,13,16H,2-5,9-12,20H2,1H3,(H,21,23);1H. The van der Waals surface area contributed by atoms with E-state index in [1.165, 1.54) is 0 Å². The molecule has 1 aliphatic carbocycles. The quantitative estimate of drug-likeness (QED) is 0.863. The minimum atomic E-state index is -0.453. The Morgan fingerprint density at radius 1 is 1.20 bits per heavy atom. The highest BCUT2D eigenvalue weighted by Gasteiger charge is 2.37. The summed E-state index contributed by atoms with van der Waals surface area (Å²) in [5, 5.41) is 2.96. The van der Waals surface area contributed by atoms with E-state index in [0.29, 0.717) is 11.3 Å². The van der Waals surface area contributed by atoms with Crippen molar-refractivity contribution in [3.63, 3.8) is 0 Å². The van der Waals surface area contributed by atoms with Crippen LogP contribution in [0.25, 0.3) is 0 Å². The van der Waals surface area contributed by atoms with Gasteiger partial charge in [-0.1, -0.05) is 18.9 Å². The Morgan fingerprint density at radius 2 is 1.92 bits per heavy atom. The second-order valence-corrected chi connectivity index (χ2v) is 7.37. The molecule has 138 valence electrons. The number of benzene rings is 1. The van der Waals surface area contributed by atoms with Crippen molar-refractivity contribution in [3.8, 4) is 0 Å². The molecule has 1 aromatic rings. The molecule has 2 unspecified atom stereocenters. The third-order valence-corrected chi connectivity index (χ3v) is 5.34. The predicted molar refractivity (Wildman–Crippen MR) is 102 cm³/mol. The van der Waals surface area contributed by atoms with Crippen molar-refractivity contribution in [3.05, 3.63) is 29.8 Å². The third kappa shape index (κ3) is 4.53. The molecule has 2 amide bonds. The Balaban J connectivity index is 0.00000225. The lowest BCUT2D eigenvalue weighted by Gasteiger charge is -2.37. The fourth-order valence-corrected chi connectivity index (χ4v) is 3.85. The van der Waals surface area contributed by atoms with Crippen LogP contribution in [-0.4, -0.2) is 35.3 Å². The molecule has 5 nitrogen and oxygen atoms in total. The maximum atomic E-state index is 12.6. The van der Waals surface area contributed by atoms with Crippen LogP contribution in [0.3, 0.4) is 0 Å². The van der Waals surface area contributed by atoms with Crippen molar-refractivity contribution in [2.24, 2.45) is 11.7 Å². The van der Waals surface area contributed by atoms with E-state index in [1.54, 1.807) is 6.07 Å². The summed E-state index contributed by atoms with van der Waals surface area (Å²) in [4.78, 5) is 27.0. The molecular formula is C19H28ClN3O2. The highest BCUT2D eigenvalue weighted by molar-refractivity contribution is 5.98. The first-order valence-corrected chi connectivity index (χ1v) is 8.96. The maximum absolute atomic E-state index is 12.6. The number of likely N-dealkylation sites (tertiary alicyclic amines) is 1. The molecule has 0 spiro atoms. The molecule has 1 aliphatic heterocycles. The summed E-state index contributed by atoms with van der Waals surface area (Å²) in [5.41, 5.74) is 7.17. The number of hydrogen-bond acceptors (Lipinski definition) is 3. The molecule has 1 saturated carbocycles. The number of nitrogens with two attached hydrogens (primary N) is 1. The molecule has 3 N–H and O–H groups in total. The Bertz CT molecular complexity index is 627. The molecule has 0 aromatic heterocycles. The molecule has 1 heterocycles. The van der Waals surface area contributed by atoms with Crippen molar-refractivity contribution in [2.45, 2.75) is 51.0 Å².